The van der Waals surface area contributed by atoms with Crippen LogP contribution in [-0.2, 0) is 4.79 Å². The van der Waals surface area contributed by atoms with Crippen molar-refractivity contribution in [3.63, 3.8) is 0 Å². The van der Waals surface area contributed by atoms with E-state index in [0.29, 0.717) is 5.69 Å². The number of benzene rings is 1. The van der Waals surface area contributed by atoms with Crippen LogP contribution in [0.4, 0.5) is 10.1 Å². The summed E-state index contributed by atoms with van der Waals surface area (Å²) in [5.41, 5.74) is 1.57. The second-order valence-corrected chi connectivity index (χ2v) is 4.33. The van der Waals surface area contributed by atoms with Crippen molar-refractivity contribution in [2.24, 2.45) is 0 Å². The molecule has 0 fully saturated rings. The topological polar surface area (TPSA) is 51.2 Å². The molecule has 1 amide bonds. The number of carbonyl (C=O) groups is 1. The minimum absolute atomic E-state index is 0.203. The van der Waals surface area contributed by atoms with Crippen molar-refractivity contribution < 1.29 is 13.9 Å². The second kappa shape index (κ2) is 6.65. The molecule has 5 heteroatoms. The zero-order valence-electron chi connectivity index (χ0n) is 11.1. The Hall–Kier alpha value is -2.43. The van der Waals surface area contributed by atoms with Crippen LogP contribution < -0.4 is 10.1 Å². The maximum Gasteiger partial charge on any atom is 0.227 e. The summed E-state index contributed by atoms with van der Waals surface area (Å²) in [6, 6.07) is 10.3. The molecule has 4 nitrogen and oxygen atoms in total. The van der Waals surface area contributed by atoms with Crippen molar-refractivity contribution in [3.8, 4) is 5.75 Å². The van der Waals surface area contributed by atoms with Crippen LogP contribution in [0.1, 0.15) is 12.0 Å². The van der Waals surface area contributed by atoms with Gasteiger partial charge >= 0.3 is 0 Å². The number of hydrogen-bond donors (Lipinski definition) is 1. The molecule has 0 saturated carbocycles. The number of aryl methyl sites for hydroxylation is 1. The fourth-order valence-electron chi connectivity index (χ4n) is 1.64. The molecule has 0 aliphatic heterocycles. The fourth-order valence-corrected chi connectivity index (χ4v) is 1.64. The quantitative estimate of drug-likeness (QED) is 0.853. The lowest BCUT2D eigenvalue weighted by molar-refractivity contribution is -0.116. The first-order valence-electron chi connectivity index (χ1n) is 6.24. The van der Waals surface area contributed by atoms with Crippen molar-refractivity contribution in [3.05, 3.63) is 54.1 Å². The molecule has 0 atom stereocenters. The molecule has 0 saturated heterocycles. The Bertz CT molecular complexity index is 585. The third-order valence-corrected chi connectivity index (χ3v) is 2.60. The molecule has 1 heterocycles. The van der Waals surface area contributed by atoms with Crippen molar-refractivity contribution in [2.75, 3.05) is 11.9 Å². The van der Waals surface area contributed by atoms with E-state index in [1.54, 1.807) is 0 Å². The van der Waals surface area contributed by atoms with Gasteiger partial charge in [-0.05, 0) is 36.8 Å². The molecule has 1 N–H and O–H groups in total. The van der Waals surface area contributed by atoms with E-state index in [0.717, 1.165) is 11.3 Å². The average molecular weight is 274 g/mol. The van der Waals surface area contributed by atoms with Gasteiger partial charge in [-0.15, -0.1) is 0 Å². The third kappa shape index (κ3) is 4.35. The highest BCUT2D eigenvalue weighted by molar-refractivity contribution is 5.90. The Morgan fingerprint density at radius 1 is 1.35 bits per heavy atom. The molecule has 0 radical (unpaired) electrons. The van der Waals surface area contributed by atoms with E-state index in [4.69, 9.17) is 4.74 Å². The maximum atomic E-state index is 12.6. The molecule has 1 aromatic carbocycles. The summed E-state index contributed by atoms with van der Waals surface area (Å²) in [5.74, 6) is -0.0434. The third-order valence-electron chi connectivity index (χ3n) is 2.60. The molecule has 2 aromatic rings. The lowest BCUT2D eigenvalue weighted by Crippen LogP contribution is -2.15. The number of nitrogens with one attached hydrogen (secondary N) is 1. The minimum Gasteiger partial charge on any atom is -0.493 e. The van der Waals surface area contributed by atoms with Crippen LogP contribution in [0.25, 0.3) is 0 Å². The Morgan fingerprint density at radius 3 is 2.90 bits per heavy atom. The summed E-state index contributed by atoms with van der Waals surface area (Å²) in [5, 5.41) is 2.62. The summed E-state index contributed by atoms with van der Waals surface area (Å²) < 4.78 is 18.1. The molecule has 0 aliphatic rings. The first-order chi connectivity index (χ1) is 9.63. The zero-order chi connectivity index (χ0) is 14.4. The van der Waals surface area contributed by atoms with Gasteiger partial charge in [0.25, 0.3) is 0 Å². The summed E-state index contributed by atoms with van der Waals surface area (Å²) in [6.45, 7) is 2.25. The van der Waals surface area contributed by atoms with E-state index in [2.05, 4.69) is 10.3 Å². The average Bonchev–Trinajstić information content (AvgIpc) is 2.41. The minimum atomic E-state index is -0.578. The van der Waals surface area contributed by atoms with E-state index in [1.165, 1.54) is 18.3 Å². The first-order valence-corrected chi connectivity index (χ1v) is 6.24. The smallest absolute Gasteiger partial charge is 0.227 e. The number of anilines is 1. The van der Waals surface area contributed by atoms with Gasteiger partial charge in [-0.25, -0.2) is 4.98 Å². The van der Waals surface area contributed by atoms with Crippen LogP contribution in [-0.4, -0.2) is 17.5 Å². The van der Waals surface area contributed by atoms with E-state index < -0.39 is 5.95 Å². The van der Waals surface area contributed by atoms with Crippen LogP contribution in [0.5, 0.6) is 5.75 Å². The molecule has 1 aromatic heterocycles. The summed E-state index contributed by atoms with van der Waals surface area (Å²) in [6.07, 6.45) is 1.49. The van der Waals surface area contributed by atoms with E-state index in [-0.39, 0.29) is 18.9 Å². The maximum absolute atomic E-state index is 12.6. The van der Waals surface area contributed by atoms with Gasteiger partial charge in [-0.3, -0.25) is 4.79 Å². The zero-order valence-corrected chi connectivity index (χ0v) is 11.1. The van der Waals surface area contributed by atoms with E-state index in [1.807, 2.05) is 31.2 Å². The predicted octanol–water partition coefficient (Wildman–Crippen LogP) is 2.94. The molecule has 0 bridgehead atoms. The Kier molecular flexibility index (Phi) is 4.65. The lowest BCUT2D eigenvalue weighted by atomic mass is 10.2. The van der Waals surface area contributed by atoms with Crippen LogP contribution in [0.15, 0.2) is 42.6 Å². The largest absolute Gasteiger partial charge is 0.493 e. The van der Waals surface area contributed by atoms with Gasteiger partial charge in [0.15, 0.2) is 0 Å². The van der Waals surface area contributed by atoms with Gasteiger partial charge in [0, 0.05) is 0 Å². The van der Waals surface area contributed by atoms with Crippen molar-refractivity contribution >= 4 is 11.6 Å². The van der Waals surface area contributed by atoms with Crippen LogP contribution >= 0.6 is 0 Å². The SMILES string of the molecule is Cc1cccc(OCCC(=O)Nc2ccc(F)nc2)c1. The van der Waals surface area contributed by atoms with Gasteiger partial charge < -0.3 is 10.1 Å². The number of nitrogens with zero attached hydrogens (tertiary/aromatic N) is 1. The standard InChI is InChI=1S/C15H15FN2O2/c1-11-3-2-4-13(9-11)20-8-7-15(19)18-12-5-6-14(16)17-10-12/h2-6,9-10H,7-8H2,1H3,(H,18,19). The van der Waals surface area contributed by atoms with Gasteiger partial charge in [0.05, 0.1) is 24.9 Å². The second-order valence-electron chi connectivity index (χ2n) is 4.33. The number of carbonyl (C=O) groups excluding carboxylic acids is 1. The lowest BCUT2D eigenvalue weighted by Gasteiger charge is -2.07. The summed E-state index contributed by atoms with van der Waals surface area (Å²) >= 11 is 0. The Labute approximate surface area is 116 Å². The molecular weight excluding hydrogens is 259 g/mol. The number of pyridine rings is 1. The van der Waals surface area contributed by atoms with Gasteiger partial charge in [0.2, 0.25) is 11.9 Å². The monoisotopic (exact) mass is 274 g/mol. The van der Waals surface area contributed by atoms with Crippen molar-refractivity contribution in [1.82, 2.24) is 4.98 Å². The molecule has 0 unspecified atom stereocenters. The van der Waals surface area contributed by atoms with E-state index >= 15 is 0 Å². The Morgan fingerprint density at radius 2 is 2.20 bits per heavy atom. The molecule has 0 spiro atoms. The summed E-state index contributed by atoms with van der Waals surface area (Å²) in [7, 11) is 0. The number of amides is 1. The first kappa shape index (κ1) is 14.0. The van der Waals surface area contributed by atoms with Gasteiger partial charge in [0.1, 0.15) is 5.75 Å². The van der Waals surface area contributed by atoms with Gasteiger partial charge in [-0.1, -0.05) is 12.1 Å². The van der Waals surface area contributed by atoms with E-state index in [9.17, 15) is 9.18 Å². The molecule has 20 heavy (non-hydrogen) atoms. The van der Waals surface area contributed by atoms with Crippen LogP contribution in [0.3, 0.4) is 0 Å². The highest BCUT2D eigenvalue weighted by Crippen LogP contribution is 2.12. The number of hydrogen-bond acceptors (Lipinski definition) is 3. The van der Waals surface area contributed by atoms with Crippen LogP contribution in [0.2, 0.25) is 0 Å². The molecule has 104 valence electrons. The number of halogens is 1. The number of ether oxygens (including phenoxy) is 1. The Balaban J connectivity index is 1.76. The number of aromatic nitrogens is 1. The highest BCUT2D eigenvalue weighted by atomic mass is 19.1. The fraction of sp³-hybridized carbons (Fsp3) is 0.200. The molecular formula is C15H15FN2O2. The van der Waals surface area contributed by atoms with Gasteiger partial charge in [-0.2, -0.15) is 4.39 Å². The highest BCUT2D eigenvalue weighted by Gasteiger charge is 2.03. The molecule has 2 rings (SSSR count). The van der Waals surface area contributed by atoms with Crippen LogP contribution in [0, 0.1) is 12.9 Å². The molecule has 0 aliphatic carbocycles. The normalized spacial score (nSPS) is 10.1. The predicted molar refractivity (Wildman–Crippen MR) is 74.1 cm³/mol. The van der Waals surface area contributed by atoms with Crippen molar-refractivity contribution in [2.45, 2.75) is 13.3 Å². The number of rotatable bonds is 5. The van der Waals surface area contributed by atoms with Crippen molar-refractivity contribution in [1.29, 1.82) is 0 Å². The summed E-state index contributed by atoms with van der Waals surface area (Å²) in [4.78, 5) is 15.1.